The molecule has 19 heavy (non-hydrogen) atoms. The molecular weight excluding hydrogens is 264 g/mol. The number of carbonyl (C=O) groups is 1. The van der Waals surface area contributed by atoms with Gasteiger partial charge >= 0.3 is 0 Å². The summed E-state index contributed by atoms with van der Waals surface area (Å²) < 4.78 is 1.63. The summed E-state index contributed by atoms with van der Waals surface area (Å²) in [7, 11) is 0. The Morgan fingerprint density at radius 3 is 2.95 bits per heavy atom. The van der Waals surface area contributed by atoms with Crippen LogP contribution in [0.4, 0.5) is 5.69 Å². The van der Waals surface area contributed by atoms with Crippen LogP contribution in [0.2, 0.25) is 5.02 Å². The molecule has 3 N–H and O–H groups in total. The van der Waals surface area contributed by atoms with E-state index in [-0.39, 0.29) is 5.91 Å². The first-order valence-electron chi connectivity index (χ1n) is 6.01. The highest BCUT2D eigenvalue weighted by molar-refractivity contribution is 6.33. The molecule has 1 amide bonds. The highest BCUT2D eigenvalue weighted by atomic mass is 35.5. The fourth-order valence-corrected chi connectivity index (χ4v) is 1.99. The van der Waals surface area contributed by atoms with Gasteiger partial charge in [0.05, 0.1) is 10.7 Å². The summed E-state index contributed by atoms with van der Waals surface area (Å²) in [5.74, 6) is -0.0823. The van der Waals surface area contributed by atoms with Crippen molar-refractivity contribution in [2.75, 3.05) is 11.9 Å². The van der Waals surface area contributed by atoms with Gasteiger partial charge in [-0.05, 0) is 31.2 Å². The molecule has 0 aliphatic rings. The minimum Gasteiger partial charge on any atom is -0.330 e. The Kier molecular flexibility index (Phi) is 4.54. The van der Waals surface area contributed by atoms with Crippen LogP contribution in [0, 0.1) is 0 Å². The second-order valence-electron chi connectivity index (χ2n) is 4.03. The second kappa shape index (κ2) is 6.36. The Labute approximate surface area is 116 Å². The van der Waals surface area contributed by atoms with Crippen molar-refractivity contribution in [3.63, 3.8) is 0 Å². The van der Waals surface area contributed by atoms with E-state index in [4.69, 9.17) is 17.3 Å². The van der Waals surface area contributed by atoms with Crippen molar-refractivity contribution >= 4 is 23.2 Å². The number of nitrogens with two attached hydrogens (primary N) is 1. The number of hydrogen-bond acceptors (Lipinski definition) is 3. The third-order valence-electron chi connectivity index (χ3n) is 2.60. The normalized spacial score (nSPS) is 10.4. The van der Waals surface area contributed by atoms with Gasteiger partial charge in [-0.3, -0.25) is 4.79 Å². The Morgan fingerprint density at radius 2 is 2.26 bits per heavy atom. The smallest absolute Gasteiger partial charge is 0.224 e. The molecule has 0 saturated carbocycles. The zero-order valence-electron chi connectivity index (χ0n) is 10.3. The number of benzene rings is 1. The molecular formula is C13H15ClN4O. The Bertz CT molecular complexity index is 554. The van der Waals surface area contributed by atoms with Crippen molar-refractivity contribution < 1.29 is 4.79 Å². The van der Waals surface area contributed by atoms with Crippen LogP contribution < -0.4 is 11.1 Å². The third-order valence-corrected chi connectivity index (χ3v) is 2.91. The van der Waals surface area contributed by atoms with E-state index >= 15 is 0 Å². The first-order chi connectivity index (χ1) is 9.22. The number of hydrogen-bond donors (Lipinski definition) is 2. The van der Waals surface area contributed by atoms with Gasteiger partial charge in [-0.15, -0.1) is 0 Å². The topological polar surface area (TPSA) is 72.9 Å². The van der Waals surface area contributed by atoms with Crippen molar-refractivity contribution in [2.24, 2.45) is 5.73 Å². The molecule has 100 valence electrons. The highest BCUT2D eigenvalue weighted by Gasteiger charge is 2.11. The van der Waals surface area contributed by atoms with Crippen LogP contribution in [0.25, 0.3) is 5.69 Å². The Hall–Kier alpha value is -1.85. The molecule has 0 bridgehead atoms. The number of carbonyl (C=O) groups excluding carboxylic acids is 1. The molecule has 2 aromatic rings. The molecule has 1 heterocycles. The number of halogens is 1. The van der Waals surface area contributed by atoms with Gasteiger partial charge in [-0.2, -0.15) is 5.10 Å². The summed E-state index contributed by atoms with van der Waals surface area (Å²) >= 11 is 6.18. The van der Waals surface area contributed by atoms with Crippen LogP contribution in [0.3, 0.4) is 0 Å². The van der Waals surface area contributed by atoms with Crippen LogP contribution in [-0.2, 0) is 4.79 Å². The predicted molar refractivity (Wildman–Crippen MR) is 75.5 cm³/mol. The zero-order chi connectivity index (χ0) is 13.7. The monoisotopic (exact) mass is 278 g/mol. The summed E-state index contributed by atoms with van der Waals surface area (Å²) in [6.07, 6.45) is 4.48. The summed E-state index contributed by atoms with van der Waals surface area (Å²) in [6, 6.07) is 7.13. The zero-order valence-corrected chi connectivity index (χ0v) is 11.1. The molecule has 0 aliphatic heterocycles. The molecule has 0 saturated heterocycles. The quantitative estimate of drug-likeness (QED) is 0.881. The van der Waals surface area contributed by atoms with E-state index in [1.165, 1.54) is 0 Å². The number of nitrogens with zero attached hydrogens (tertiary/aromatic N) is 2. The molecule has 0 aliphatic carbocycles. The van der Waals surface area contributed by atoms with Gasteiger partial charge in [0.2, 0.25) is 5.91 Å². The lowest BCUT2D eigenvalue weighted by Gasteiger charge is -2.12. The maximum Gasteiger partial charge on any atom is 0.224 e. The van der Waals surface area contributed by atoms with Gasteiger partial charge in [0.15, 0.2) is 0 Å². The average Bonchev–Trinajstić information content (AvgIpc) is 2.90. The SMILES string of the molecule is NCCCC(=O)Nc1cccc(Cl)c1-n1cccn1. The molecule has 0 atom stereocenters. The van der Waals surface area contributed by atoms with Gasteiger partial charge in [0.25, 0.3) is 0 Å². The Morgan fingerprint density at radius 1 is 1.42 bits per heavy atom. The Balaban J connectivity index is 2.26. The molecule has 1 aromatic heterocycles. The van der Waals surface area contributed by atoms with Crippen molar-refractivity contribution in [1.82, 2.24) is 9.78 Å². The molecule has 5 nitrogen and oxygen atoms in total. The van der Waals surface area contributed by atoms with Crippen LogP contribution in [0.15, 0.2) is 36.7 Å². The molecule has 0 spiro atoms. The average molecular weight is 279 g/mol. The van der Waals surface area contributed by atoms with E-state index in [9.17, 15) is 4.79 Å². The number of amides is 1. The van der Waals surface area contributed by atoms with Crippen molar-refractivity contribution in [2.45, 2.75) is 12.8 Å². The van der Waals surface area contributed by atoms with Crippen molar-refractivity contribution in [3.8, 4) is 5.69 Å². The fourth-order valence-electron chi connectivity index (χ4n) is 1.73. The van der Waals surface area contributed by atoms with E-state index in [2.05, 4.69) is 10.4 Å². The maximum atomic E-state index is 11.8. The van der Waals surface area contributed by atoms with E-state index in [0.717, 1.165) is 0 Å². The minimum atomic E-state index is -0.0823. The first kappa shape index (κ1) is 13.6. The number of anilines is 1. The second-order valence-corrected chi connectivity index (χ2v) is 4.43. The molecule has 0 radical (unpaired) electrons. The van der Waals surface area contributed by atoms with E-state index in [1.807, 2.05) is 0 Å². The largest absolute Gasteiger partial charge is 0.330 e. The van der Waals surface area contributed by atoms with Gasteiger partial charge in [0, 0.05) is 18.8 Å². The van der Waals surface area contributed by atoms with Gasteiger partial charge in [0.1, 0.15) is 5.69 Å². The standard InChI is InChI=1S/C13H15ClN4O/c14-10-4-1-5-11(17-12(19)6-2-7-15)13(10)18-9-3-8-16-18/h1,3-5,8-9H,2,6-7,15H2,(H,17,19). The summed E-state index contributed by atoms with van der Waals surface area (Å²) in [6.45, 7) is 0.495. The van der Waals surface area contributed by atoms with Crippen LogP contribution in [0.5, 0.6) is 0 Å². The van der Waals surface area contributed by atoms with E-state index in [1.54, 1.807) is 41.3 Å². The summed E-state index contributed by atoms with van der Waals surface area (Å²) in [5, 5.41) is 7.50. The van der Waals surface area contributed by atoms with Gasteiger partial charge in [-0.25, -0.2) is 4.68 Å². The van der Waals surface area contributed by atoms with Gasteiger partial charge in [-0.1, -0.05) is 17.7 Å². The molecule has 2 rings (SSSR count). The minimum absolute atomic E-state index is 0.0823. The van der Waals surface area contributed by atoms with Crippen molar-refractivity contribution in [3.05, 3.63) is 41.7 Å². The van der Waals surface area contributed by atoms with Crippen LogP contribution >= 0.6 is 11.6 Å². The summed E-state index contributed by atoms with van der Waals surface area (Å²) in [5.41, 5.74) is 6.69. The molecule has 0 unspecified atom stereocenters. The number of nitrogens with one attached hydrogen (secondary N) is 1. The number of aromatic nitrogens is 2. The van der Waals surface area contributed by atoms with E-state index in [0.29, 0.717) is 35.8 Å². The number of rotatable bonds is 5. The lowest BCUT2D eigenvalue weighted by Crippen LogP contribution is -2.15. The summed E-state index contributed by atoms with van der Waals surface area (Å²) in [4.78, 5) is 11.8. The lowest BCUT2D eigenvalue weighted by molar-refractivity contribution is -0.116. The third kappa shape index (κ3) is 3.33. The fraction of sp³-hybridized carbons (Fsp3) is 0.231. The highest BCUT2D eigenvalue weighted by Crippen LogP contribution is 2.28. The van der Waals surface area contributed by atoms with Crippen LogP contribution in [-0.4, -0.2) is 22.2 Å². The van der Waals surface area contributed by atoms with Crippen molar-refractivity contribution in [1.29, 1.82) is 0 Å². The molecule has 0 fully saturated rings. The van der Waals surface area contributed by atoms with E-state index < -0.39 is 0 Å². The number of para-hydroxylation sites is 1. The van der Waals surface area contributed by atoms with Crippen LogP contribution in [0.1, 0.15) is 12.8 Å². The maximum absolute atomic E-state index is 11.8. The lowest BCUT2D eigenvalue weighted by atomic mass is 10.2. The molecule has 6 heteroatoms. The van der Waals surface area contributed by atoms with Gasteiger partial charge < -0.3 is 11.1 Å². The first-order valence-corrected chi connectivity index (χ1v) is 6.38. The predicted octanol–water partition coefficient (Wildman–Crippen LogP) is 2.20. The molecule has 1 aromatic carbocycles.